The summed E-state index contributed by atoms with van der Waals surface area (Å²) >= 11 is -1.10. The van der Waals surface area contributed by atoms with E-state index in [-0.39, 0.29) is 5.41 Å². The van der Waals surface area contributed by atoms with Gasteiger partial charge in [0.15, 0.2) is 0 Å². The number of benzene rings is 2. The molecule has 1 aliphatic rings. The summed E-state index contributed by atoms with van der Waals surface area (Å²) in [5.41, 5.74) is 7.36. The molecule has 0 spiro atoms. The van der Waals surface area contributed by atoms with Gasteiger partial charge in [-0.1, -0.05) is 0 Å². The van der Waals surface area contributed by atoms with Gasteiger partial charge in [-0.2, -0.15) is 0 Å². The molecule has 22 heavy (non-hydrogen) atoms. The van der Waals surface area contributed by atoms with E-state index in [2.05, 4.69) is 72.3 Å². The van der Waals surface area contributed by atoms with Crippen LogP contribution in [-0.4, -0.2) is 14.3 Å². The monoisotopic (exact) mass is 345 g/mol. The third kappa shape index (κ3) is 2.39. The van der Waals surface area contributed by atoms with Crippen molar-refractivity contribution in [2.75, 3.05) is 0 Å². The molecular weight excluding hydrogens is 325 g/mol. The summed E-state index contributed by atoms with van der Waals surface area (Å²) in [6, 6.07) is 13.0. The van der Waals surface area contributed by atoms with E-state index in [0.717, 1.165) is 11.1 Å². The van der Waals surface area contributed by atoms with Crippen molar-refractivity contribution in [1.29, 1.82) is 0 Å². The molecule has 0 unspecified atom stereocenters. The molecule has 1 aliphatic carbocycles. The molecule has 107 valence electrons. The number of terminal acetylenes is 1. The first-order valence-electron chi connectivity index (χ1n) is 7.51. The zero-order chi connectivity index (χ0) is 15.9. The molecule has 0 saturated heterocycles. The summed E-state index contributed by atoms with van der Waals surface area (Å²) in [7, 11) is 0. The number of rotatable bonds is 0. The molecule has 2 aromatic carbocycles. The topological polar surface area (TPSA) is 0 Å². The van der Waals surface area contributed by atoms with E-state index >= 15 is 0 Å². The molecule has 0 amide bonds. The molecule has 0 fully saturated rings. The zero-order valence-corrected chi connectivity index (χ0v) is 15.6. The van der Waals surface area contributed by atoms with Crippen LogP contribution in [0.3, 0.4) is 0 Å². The predicted octanol–water partition coefficient (Wildman–Crippen LogP) is 4.62. The Bertz CT molecular complexity index is 852. The van der Waals surface area contributed by atoms with Gasteiger partial charge in [0, 0.05) is 0 Å². The van der Waals surface area contributed by atoms with E-state index < -0.39 is 14.3 Å². The molecular formula is C21H19Ge. The van der Waals surface area contributed by atoms with Crippen LogP contribution in [0.2, 0.25) is 11.5 Å². The molecule has 0 aromatic heterocycles. The van der Waals surface area contributed by atoms with Gasteiger partial charge in [0.1, 0.15) is 0 Å². The Morgan fingerprint density at radius 1 is 0.909 bits per heavy atom. The van der Waals surface area contributed by atoms with Crippen LogP contribution >= 0.6 is 0 Å². The number of fused-ring (bicyclic) bond motifs is 3. The van der Waals surface area contributed by atoms with E-state index in [0.29, 0.717) is 0 Å². The van der Waals surface area contributed by atoms with Gasteiger partial charge in [-0.25, -0.2) is 0 Å². The predicted molar refractivity (Wildman–Crippen MR) is 96.3 cm³/mol. The Morgan fingerprint density at radius 3 is 2.00 bits per heavy atom. The maximum atomic E-state index is 5.57. The summed E-state index contributed by atoms with van der Waals surface area (Å²) in [5.74, 6) is 10.7. The molecule has 0 bridgehead atoms. The van der Waals surface area contributed by atoms with Crippen LogP contribution < -0.4 is 0 Å². The Kier molecular flexibility index (Phi) is 3.67. The second-order valence-electron chi connectivity index (χ2n) is 6.54. The van der Waals surface area contributed by atoms with Crippen LogP contribution in [0.4, 0.5) is 0 Å². The van der Waals surface area contributed by atoms with E-state index in [1.807, 2.05) is 6.07 Å². The van der Waals surface area contributed by atoms with Crippen molar-refractivity contribution in [3.8, 4) is 34.1 Å². The van der Waals surface area contributed by atoms with Crippen molar-refractivity contribution >= 4 is 14.3 Å². The molecule has 0 heterocycles. The number of hydrogen-bond acceptors (Lipinski definition) is 0. The average molecular weight is 344 g/mol. The van der Waals surface area contributed by atoms with Gasteiger partial charge in [-0.15, -0.1) is 0 Å². The molecule has 0 saturated carbocycles. The van der Waals surface area contributed by atoms with Gasteiger partial charge in [0.05, 0.1) is 0 Å². The van der Waals surface area contributed by atoms with Crippen LogP contribution in [0.5, 0.6) is 0 Å². The van der Waals surface area contributed by atoms with Gasteiger partial charge in [-0.3, -0.25) is 0 Å². The third-order valence-electron chi connectivity index (χ3n) is 4.30. The molecule has 1 heteroatoms. The second kappa shape index (κ2) is 5.38. The quantitative estimate of drug-likeness (QED) is 0.483. The van der Waals surface area contributed by atoms with Crippen LogP contribution in [-0.2, 0) is 5.41 Å². The van der Waals surface area contributed by atoms with Crippen molar-refractivity contribution in [3.63, 3.8) is 0 Å². The standard InChI is InChI=1S/C21H19Ge/c1-6-15-7-9-17-18-10-8-16(11-12-22(4)5)14-20(18)21(2,3)19(17)13-15/h1,7-10,13-14H,2-5H3. The minimum atomic E-state index is -1.10. The fourth-order valence-electron chi connectivity index (χ4n) is 3.10. The summed E-state index contributed by atoms with van der Waals surface area (Å²) in [5, 5.41) is 0. The molecule has 2 aromatic rings. The summed E-state index contributed by atoms with van der Waals surface area (Å²) in [6.07, 6.45) is 5.57. The van der Waals surface area contributed by atoms with Gasteiger partial charge >= 0.3 is 138 Å². The SMILES string of the molecule is C#Cc1ccc2c(c1)C(C)(C)c1cc(C#[C][Ge]([CH3])[CH3])ccc1-2. The second-order valence-corrected chi connectivity index (χ2v) is 11.3. The van der Waals surface area contributed by atoms with Crippen LogP contribution in [0, 0.1) is 23.0 Å². The molecule has 1 radical (unpaired) electrons. The van der Waals surface area contributed by atoms with E-state index in [9.17, 15) is 0 Å². The normalized spacial score (nSPS) is 13.8. The fraction of sp³-hybridized carbons (Fsp3) is 0.238. The van der Waals surface area contributed by atoms with Gasteiger partial charge in [0.25, 0.3) is 0 Å². The maximum absolute atomic E-state index is 5.57. The minimum absolute atomic E-state index is 0.0211. The van der Waals surface area contributed by atoms with Crippen molar-refractivity contribution in [3.05, 3.63) is 58.7 Å². The van der Waals surface area contributed by atoms with E-state index in [1.165, 1.54) is 22.3 Å². The Hall–Kier alpha value is -1.90. The Balaban J connectivity index is 2.17. The van der Waals surface area contributed by atoms with Gasteiger partial charge in [0.2, 0.25) is 0 Å². The van der Waals surface area contributed by atoms with E-state index in [1.54, 1.807) is 0 Å². The summed E-state index contributed by atoms with van der Waals surface area (Å²) in [6.45, 7) is 4.54. The number of hydrogen-bond donors (Lipinski definition) is 0. The van der Waals surface area contributed by atoms with Crippen molar-refractivity contribution < 1.29 is 0 Å². The van der Waals surface area contributed by atoms with Crippen molar-refractivity contribution in [1.82, 2.24) is 0 Å². The van der Waals surface area contributed by atoms with Crippen LogP contribution in [0.25, 0.3) is 11.1 Å². The summed E-state index contributed by atoms with van der Waals surface area (Å²) in [4.78, 5) is 0. The third-order valence-corrected chi connectivity index (χ3v) is 5.61. The first kappa shape index (κ1) is 15.0. The molecule has 0 aliphatic heterocycles. The summed E-state index contributed by atoms with van der Waals surface area (Å²) < 4.78 is 3.41. The first-order valence-corrected chi connectivity index (χ1v) is 12.8. The van der Waals surface area contributed by atoms with E-state index in [4.69, 9.17) is 6.42 Å². The van der Waals surface area contributed by atoms with Crippen molar-refractivity contribution in [2.45, 2.75) is 30.8 Å². The molecule has 3 rings (SSSR count). The molecule has 0 atom stereocenters. The fourth-order valence-corrected chi connectivity index (χ4v) is 3.93. The zero-order valence-electron chi connectivity index (χ0n) is 13.5. The Labute approximate surface area is 138 Å². The van der Waals surface area contributed by atoms with Gasteiger partial charge in [-0.05, 0) is 0 Å². The first-order chi connectivity index (χ1) is 10.4. The van der Waals surface area contributed by atoms with Crippen LogP contribution in [0.1, 0.15) is 36.1 Å². The molecule has 0 N–H and O–H groups in total. The Morgan fingerprint density at radius 2 is 1.45 bits per heavy atom. The van der Waals surface area contributed by atoms with Crippen LogP contribution in [0.15, 0.2) is 36.4 Å². The van der Waals surface area contributed by atoms with Gasteiger partial charge < -0.3 is 0 Å². The molecule has 0 nitrogen and oxygen atoms in total. The van der Waals surface area contributed by atoms with Crippen molar-refractivity contribution in [2.24, 2.45) is 0 Å². The average Bonchev–Trinajstić information content (AvgIpc) is 2.73.